The molecule has 2 rings (SSSR count). The predicted octanol–water partition coefficient (Wildman–Crippen LogP) is 3.86. The number of anilines is 1. The minimum atomic E-state index is -0.126. The van der Waals surface area contributed by atoms with E-state index in [4.69, 9.17) is 22.1 Å². The molecule has 104 valence electrons. The third kappa shape index (κ3) is 2.94. The molecule has 3 nitrogen and oxygen atoms in total. The first-order valence-electron chi connectivity index (χ1n) is 6.36. The van der Waals surface area contributed by atoms with Crippen LogP contribution in [-0.2, 0) is 0 Å². The van der Waals surface area contributed by atoms with Gasteiger partial charge < -0.3 is 10.5 Å². The van der Waals surface area contributed by atoms with E-state index < -0.39 is 0 Å². The number of hydrogen-bond donors (Lipinski definition) is 1. The summed E-state index contributed by atoms with van der Waals surface area (Å²) in [4.78, 5) is 12.6. The highest BCUT2D eigenvalue weighted by Crippen LogP contribution is 2.26. The minimum absolute atomic E-state index is 0.126. The molecular weight excluding hydrogens is 274 g/mol. The zero-order valence-corrected chi connectivity index (χ0v) is 12.2. The molecule has 0 radical (unpaired) electrons. The highest BCUT2D eigenvalue weighted by molar-refractivity contribution is 6.33. The highest BCUT2D eigenvalue weighted by Gasteiger charge is 2.16. The lowest BCUT2D eigenvalue weighted by molar-refractivity contribution is 0.103. The van der Waals surface area contributed by atoms with Crippen molar-refractivity contribution in [2.75, 3.05) is 12.3 Å². The average molecular weight is 290 g/mol. The molecule has 0 aromatic heterocycles. The molecule has 4 heteroatoms. The summed E-state index contributed by atoms with van der Waals surface area (Å²) in [5, 5.41) is 0.376. The lowest BCUT2D eigenvalue weighted by Gasteiger charge is -2.11. The zero-order valence-electron chi connectivity index (χ0n) is 11.4. The van der Waals surface area contributed by atoms with Crippen molar-refractivity contribution in [3.63, 3.8) is 0 Å². The van der Waals surface area contributed by atoms with Gasteiger partial charge in [-0.05, 0) is 44.2 Å². The first kappa shape index (κ1) is 14.4. The van der Waals surface area contributed by atoms with Crippen LogP contribution in [0.4, 0.5) is 5.69 Å². The van der Waals surface area contributed by atoms with Gasteiger partial charge in [-0.15, -0.1) is 0 Å². The van der Waals surface area contributed by atoms with Gasteiger partial charge in [0.25, 0.3) is 0 Å². The van der Waals surface area contributed by atoms with E-state index in [0.717, 1.165) is 5.56 Å². The molecular formula is C16H16ClNO2. The fraction of sp³-hybridized carbons (Fsp3) is 0.188. The number of halogens is 1. The van der Waals surface area contributed by atoms with Gasteiger partial charge in [0.05, 0.1) is 22.9 Å². The number of ether oxygens (including phenoxy) is 1. The largest absolute Gasteiger partial charge is 0.493 e. The highest BCUT2D eigenvalue weighted by atomic mass is 35.5. The lowest BCUT2D eigenvalue weighted by Crippen LogP contribution is -2.06. The molecule has 0 saturated carbocycles. The summed E-state index contributed by atoms with van der Waals surface area (Å²) in [6.45, 7) is 4.32. The number of ketones is 1. The summed E-state index contributed by atoms with van der Waals surface area (Å²) in [5.41, 5.74) is 8.15. The molecule has 2 aromatic rings. The molecule has 0 aliphatic heterocycles. The Morgan fingerprint density at radius 3 is 2.65 bits per heavy atom. The topological polar surface area (TPSA) is 52.3 Å². The first-order chi connectivity index (χ1) is 9.52. The molecule has 0 amide bonds. The van der Waals surface area contributed by atoms with Gasteiger partial charge in [-0.2, -0.15) is 0 Å². The maximum absolute atomic E-state index is 12.6. The Kier molecular flexibility index (Phi) is 4.30. The Labute approximate surface area is 123 Å². The smallest absolute Gasteiger partial charge is 0.196 e. The van der Waals surface area contributed by atoms with E-state index in [-0.39, 0.29) is 5.78 Å². The van der Waals surface area contributed by atoms with Crippen LogP contribution in [0.3, 0.4) is 0 Å². The van der Waals surface area contributed by atoms with Gasteiger partial charge in [0.1, 0.15) is 5.75 Å². The van der Waals surface area contributed by atoms with E-state index in [1.807, 2.05) is 32.0 Å². The number of carbonyl (C=O) groups excluding carboxylic acids is 1. The summed E-state index contributed by atoms with van der Waals surface area (Å²) in [6.07, 6.45) is 0. The van der Waals surface area contributed by atoms with Crippen LogP contribution in [0.2, 0.25) is 5.02 Å². The van der Waals surface area contributed by atoms with Crippen LogP contribution in [0.15, 0.2) is 36.4 Å². The van der Waals surface area contributed by atoms with Crippen LogP contribution < -0.4 is 10.5 Å². The third-order valence-electron chi connectivity index (χ3n) is 2.94. The van der Waals surface area contributed by atoms with E-state index in [1.165, 1.54) is 0 Å². The van der Waals surface area contributed by atoms with E-state index in [0.29, 0.717) is 34.2 Å². The molecule has 0 bridgehead atoms. The van der Waals surface area contributed by atoms with Crippen molar-refractivity contribution in [1.82, 2.24) is 0 Å². The van der Waals surface area contributed by atoms with Crippen LogP contribution in [0.1, 0.15) is 28.4 Å². The molecule has 0 spiro atoms. The van der Waals surface area contributed by atoms with Crippen molar-refractivity contribution in [3.8, 4) is 5.75 Å². The summed E-state index contributed by atoms with van der Waals surface area (Å²) >= 11 is 5.97. The second kappa shape index (κ2) is 5.97. The number of hydrogen-bond acceptors (Lipinski definition) is 3. The Bertz CT molecular complexity index is 653. The molecule has 0 aliphatic carbocycles. The Morgan fingerprint density at radius 2 is 2.00 bits per heavy atom. The number of nitrogen functional groups attached to an aromatic ring is 1. The van der Waals surface area contributed by atoms with Gasteiger partial charge in [-0.3, -0.25) is 4.79 Å². The van der Waals surface area contributed by atoms with Crippen LogP contribution in [0, 0.1) is 6.92 Å². The molecule has 0 atom stereocenters. The van der Waals surface area contributed by atoms with Gasteiger partial charge in [-0.25, -0.2) is 0 Å². The fourth-order valence-electron chi connectivity index (χ4n) is 1.93. The van der Waals surface area contributed by atoms with E-state index in [2.05, 4.69) is 0 Å². The monoisotopic (exact) mass is 289 g/mol. The van der Waals surface area contributed by atoms with Crippen molar-refractivity contribution in [2.45, 2.75) is 13.8 Å². The molecule has 0 fully saturated rings. The van der Waals surface area contributed by atoms with Crippen LogP contribution in [-0.4, -0.2) is 12.4 Å². The lowest BCUT2D eigenvalue weighted by atomic mass is 10.0. The third-order valence-corrected chi connectivity index (χ3v) is 3.27. The maximum atomic E-state index is 12.6. The summed E-state index contributed by atoms with van der Waals surface area (Å²) < 4.78 is 5.51. The zero-order chi connectivity index (χ0) is 14.7. The molecule has 0 aliphatic rings. The number of carbonyl (C=O) groups is 1. The fourth-order valence-corrected chi connectivity index (χ4v) is 2.11. The normalized spacial score (nSPS) is 10.3. The van der Waals surface area contributed by atoms with Crippen molar-refractivity contribution in [3.05, 3.63) is 58.1 Å². The van der Waals surface area contributed by atoms with Gasteiger partial charge in [-0.1, -0.05) is 23.2 Å². The van der Waals surface area contributed by atoms with Crippen molar-refractivity contribution < 1.29 is 9.53 Å². The van der Waals surface area contributed by atoms with Gasteiger partial charge >= 0.3 is 0 Å². The van der Waals surface area contributed by atoms with Crippen molar-refractivity contribution in [1.29, 1.82) is 0 Å². The minimum Gasteiger partial charge on any atom is -0.493 e. The number of aryl methyl sites for hydroxylation is 1. The summed E-state index contributed by atoms with van der Waals surface area (Å²) in [5.74, 6) is 0.454. The number of rotatable bonds is 4. The summed E-state index contributed by atoms with van der Waals surface area (Å²) in [6, 6.07) is 10.4. The Balaban J connectivity index is 2.46. The molecule has 20 heavy (non-hydrogen) atoms. The van der Waals surface area contributed by atoms with E-state index in [1.54, 1.807) is 18.2 Å². The Hall–Kier alpha value is -2.00. The molecule has 0 unspecified atom stereocenters. The van der Waals surface area contributed by atoms with Gasteiger partial charge in [0.2, 0.25) is 0 Å². The predicted molar refractivity (Wildman–Crippen MR) is 81.6 cm³/mol. The van der Waals surface area contributed by atoms with Crippen LogP contribution in [0.25, 0.3) is 0 Å². The van der Waals surface area contributed by atoms with E-state index in [9.17, 15) is 4.79 Å². The molecule has 2 aromatic carbocycles. The quantitative estimate of drug-likeness (QED) is 0.687. The number of benzene rings is 2. The standard InChI is InChI=1S/C16H16ClNO2/c1-3-20-15-7-4-10(2)8-12(15)16(19)11-5-6-14(18)13(17)9-11/h4-9H,3,18H2,1-2H3. The SMILES string of the molecule is CCOc1ccc(C)cc1C(=O)c1ccc(N)c(Cl)c1. The molecule has 0 heterocycles. The average Bonchev–Trinajstić information content (AvgIpc) is 2.43. The molecule has 2 N–H and O–H groups in total. The molecule has 0 saturated heterocycles. The maximum Gasteiger partial charge on any atom is 0.196 e. The number of nitrogens with two attached hydrogens (primary N) is 1. The van der Waals surface area contributed by atoms with Gasteiger partial charge in [0, 0.05) is 5.56 Å². The Morgan fingerprint density at radius 1 is 1.25 bits per heavy atom. The summed E-state index contributed by atoms with van der Waals surface area (Å²) in [7, 11) is 0. The van der Waals surface area contributed by atoms with E-state index >= 15 is 0 Å². The second-order valence-electron chi connectivity index (χ2n) is 4.50. The van der Waals surface area contributed by atoms with Crippen molar-refractivity contribution in [2.24, 2.45) is 0 Å². The van der Waals surface area contributed by atoms with Gasteiger partial charge in [0.15, 0.2) is 5.78 Å². The van der Waals surface area contributed by atoms with Crippen molar-refractivity contribution >= 4 is 23.1 Å². The first-order valence-corrected chi connectivity index (χ1v) is 6.74. The second-order valence-corrected chi connectivity index (χ2v) is 4.91. The van der Waals surface area contributed by atoms with Crippen LogP contribution in [0.5, 0.6) is 5.75 Å². The van der Waals surface area contributed by atoms with Crippen LogP contribution >= 0.6 is 11.6 Å².